The average molecular weight is 540 g/mol. The van der Waals surface area contributed by atoms with E-state index in [1.165, 1.54) is 12.1 Å². The van der Waals surface area contributed by atoms with Gasteiger partial charge in [-0.05, 0) is 50.8 Å². The lowest BCUT2D eigenvalue weighted by Crippen LogP contribution is -2.41. The third-order valence-electron chi connectivity index (χ3n) is 4.05. The smallest absolute Gasteiger partial charge is 0.422 e. The van der Waals surface area contributed by atoms with Gasteiger partial charge in [0, 0.05) is 13.1 Å². The SMILES string of the molecule is CCNC(=NCc1ccc(OCC(F)(F)F)cc1)NCC(c1ccco1)N(C)C.I. The quantitative estimate of drug-likeness (QED) is 0.284. The zero-order valence-electron chi connectivity index (χ0n) is 17.2. The highest BCUT2D eigenvalue weighted by Gasteiger charge is 2.28. The highest BCUT2D eigenvalue weighted by Crippen LogP contribution is 2.19. The number of nitrogens with zero attached hydrogens (tertiary/aromatic N) is 2. The number of rotatable bonds is 9. The molecular weight excluding hydrogens is 512 g/mol. The second-order valence-electron chi connectivity index (χ2n) is 6.62. The molecule has 0 spiro atoms. The van der Waals surface area contributed by atoms with E-state index in [1.807, 2.05) is 33.2 Å². The maximum Gasteiger partial charge on any atom is 0.422 e. The minimum atomic E-state index is -4.35. The summed E-state index contributed by atoms with van der Waals surface area (Å²) in [5.41, 5.74) is 0.858. The highest BCUT2D eigenvalue weighted by molar-refractivity contribution is 14.0. The lowest BCUT2D eigenvalue weighted by molar-refractivity contribution is -0.153. The summed E-state index contributed by atoms with van der Waals surface area (Å²) >= 11 is 0. The molecule has 0 saturated carbocycles. The molecule has 2 aromatic rings. The van der Waals surface area contributed by atoms with Crippen LogP contribution in [0.5, 0.6) is 5.75 Å². The molecule has 1 aromatic carbocycles. The number of alkyl halides is 3. The Kier molecular flexibility index (Phi) is 11.0. The number of likely N-dealkylation sites (N-methyl/N-ethyl adjacent to an activating group) is 1. The summed E-state index contributed by atoms with van der Waals surface area (Å²) in [6, 6.07) is 10.2. The highest BCUT2D eigenvalue weighted by atomic mass is 127. The molecule has 0 radical (unpaired) electrons. The fourth-order valence-corrected chi connectivity index (χ4v) is 2.58. The van der Waals surface area contributed by atoms with Crippen molar-refractivity contribution in [2.45, 2.75) is 25.7 Å². The van der Waals surface area contributed by atoms with Crippen LogP contribution in [0.4, 0.5) is 13.2 Å². The number of ether oxygens (including phenoxy) is 1. The summed E-state index contributed by atoms with van der Waals surface area (Å²) in [6.07, 6.45) is -2.71. The molecule has 1 atom stereocenters. The van der Waals surface area contributed by atoms with E-state index in [4.69, 9.17) is 9.15 Å². The molecule has 0 saturated heterocycles. The van der Waals surface area contributed by atoms with E-state index >= 15 is 0 Å². The van der Waals surface area contributed by atoms with Crippen molar-refractivity contribution in [1.82, 2.24) is 15.5 Å². The largest absolute Gasteiger partial charge is 0.484 e. The zero-order chi connectivity index (χ0) is 21.3. The predicted molar refractivity (Wildman–Crippen MR) is 121 cm³/mol. The van der Waals surface area contributed by atoms with Crippen molar-refractivity contribution < 1.29 is 22.3 Å². The van der Waals surface area contributed by atoms with Gasteiger partial charge in [0.1, 0.15) is 11.5 Å². The summed E-state index contributed by atoms with van der Waals surface area (Å²) < 4.78 is 46.8. The first kappa shape index (κ1) is 26.1. The molecule has 0 bridgehead atoms. The minimum absolute atomic E-state index is 0. The molecule has 0 aliphatic rings. The van der Waals surface area contributed by atoms with Crippen LogP contribution in [-0.2, 0) is 6.54 Å². The van der Waals surface area contributed by atoms with Gasteiger partial charge >= 0.3 is 6.18 Å². The Labute approximate surface area is 191 Å². The molecule has 1 aromatic heterocycles. The molecule has 10 heteroatoms. The molecular formula is C20H28F3IN4O2. The molecule has 2 N–H and O–H groups in total. The van der Waals surface area contributed by atoms with Crippen LogP contribution in [0.1, 0.15) is 24.3 Å². The number of furan rings is 1. The van der Waals surface area contributed by atoms with Crippen LogP contribution in [-0.4, -0.2) is 50.8 Å². The Morgan fingerprint density at radius 1 is 1.17 bits per heavy atom. The molecule has 0 fully saturated rings. The number of hydrogen-bond donors (Lipinski definition) is 2. The van der Waals surface area contributed by atoms with Crippen molar-refractivity contribution in [1.29, 1.82) is 0 Å². The monoisotopic (exact) mass is 540 g/mol. The van der Waals surface area contributed by atoms with Gasteiger partial charge in [0.05, 0.1) is 18.8 Å². The van der Waals surface area contributed by atoms with Crippen LogP contribution in [0.2, 0.25) is 0 Å². The maximum absolute atomic E-state index is 12.2. The van der Waals surface area contributed by atoms with Crippen molar-refractivity contribution in [3.8, 4) is 5.75 Å². The number of guanidine groups is 1. The number of nitrogens with one attached hydrogen (secondary N) is 2. The zero-order valence-corrected chi connectivity index (χ0v) is 19.5. The molecule has 30 heavy (non-hydrogen) atoms. The van der Waals surface area contributed by atoms with Crippen LogP contribution in [0, 0.1) is 0 Å². The Morgan fingerprint density at radius 2 is 1.87 bits per heavy atom. The van der Waals surface area contributed by atoms with Crippen LogP contribution < -0.4 is 15.4 Å². The van der Waals surface area contributed by atoms with E-state index in [-0.39, 0.29) is 35.8 Å². The molecule has 6 nitrogen and oxygen atoms in total. The summed E-state index contributed by atoms with van der Waals surface area (Å²) in [5.74, 6) is 1.67. The van der Waals surface area contributed by atoms with Crippen LogP contribution in [0.15, 0.2) is 52.1 Å². The van der Waals surface area contributed by atoms with E-state index in [2.05, 4.69) is 20.5 Å². The number of hydrogen-bond acceptors (Lipinski definition) is 4. The second kappa shape index (κ2) is 12.7. The van der Waals surface area contributed by atoms with E-state index in [9.17, 15) is 13.2 Å². The van der Waals surface area contributed by atoms with Crippen molar-refractivity contribution >= 4 is 29.9 Å². The first-order valence-electron chi connectivity index (χ1n) is 9.29. The number of benzene rings is 1. The summed E-state index contributed by atoms with van der Waals surface area (Å²) in [6.45, 7) is 2.34. The average Bonchev–Trinajstić information content (AvgIpc) is 3.19. The van der Waals surface area contributed by atoms with E-state index in [0.29, 0.717) is 25.6 Å². The van der Waals surface area contributed by atoms with Gasteiger partial charge in [0.15, 0.2) is 12.6 Å². The Hall–Kier alpha value is -1.95. The van der Waals surface area contributed by atoms with Crippen molar-refractivity contribution in [2.24, 2.45) is 4.99 Å². The van der Waals surface area contributed by atoms with Gasteiger partial charge < -0.3 is 19.8 Å². The van der Waals surface area contributed by atoms with Crippen molar-refractivity contribution in [3.05, 3.63) is 54.0 Å². The normalized spacial score (nSPS) is 13.0. The molecule has 168 valence electrons. The first-order valence-corrected chi connectivity index (χ1v) is 9.29. The van der Waals surface area contributed by atoms with Crippen molar-refractivity contribution in [2.75, 3.05) is 33.8 Å². The third kappa shape index (κ3) is 9.24. The Bertz CT molecular complexity index is 750. The molecule has 1 unspecified atom stereocenters. The van der Waals surface area contributed by atoms with Gasteiger partial charge in [-0.15, -0.1) is 24.0 Å². The van der Waals surface area contributed by atoms with Crippen LogP contribution in [0.3, 0.4) is 0 Å². The lowest BCUT2D eigenvalue weighted by atomic mass is 10.2. The summed E-state index contributed by atoms with van der Waals surface area (Å²) in [5, 5.41) is 6.48. The van der Waals surface area contributed by atoms with Gasteiger partial charge in [-0.1, -0.05) is 12.1 Å². The van der Waals surface area contributed by atoms with E-state index in [0.717, 1.165) is 11.3 Å². The van der Waals surface area contributed by atoms with Gasteiger partial charge in [0.2, 0.25) is 0 Å². The molecule has 1 heterocycles. The fraction of sp³-hybridized carbons (Fsp3) is 0.450. The van der Waals surface area contributed by atoms with Gasteiger partial charge in [-0.2, -0.15) is 13.2 Å². The van der Waals surface area contributed by atoms with E-state index < -0.39 is 12.8 Å². The Morgan fingerprint density at radius 3 is 2.40 bits per heavy atom. The molecule has 0 aliphatic carbocycles. The molecule has 2 rings (SSSR count). The van der Waals surface area contributed by atoms with Crippen LogP contribution >= 0.6 is 24.0 Å². The number of halogens is 4. The van der Waals surface area contributed by atoms with Crippen molar-refractivity contribution in [3.63, 3.8) is 0 Å². The summed E-state index contributed by atoms with van der Waals surface area (Å²) in [7, 11) is 3.95. The maximum atomic E-state index is 12.2. The second-order valence-corrected chi connectivity index (χ2v) is 6.62. The predicted octanol–water partition coefficient (Wildman–Crippen LogP) is 4.20. The molecule has 0 aliphatic heterocycles. The summed E-state index contributed by atoms with van der Waals surface area (Å²) in [4.78, 5) is 6.59. The number of aliphatic imine (C=N–C) groups is 1. The Balaban J connectivity index is 0.00000450. The minimum Gasteiger partial charge on any atom is -0.484 e. The first-order chi connectivity index (χ1) is 13.8. The lowest BCUT2D eigenvalue weighted by Gasteiger charge is -2.23. The van der Waals surface area contributed by atoms with Gasteiger partial charge in [-0.3, -0.25) is 4.90 Å². The van der Waals surface area contributed by atoms with Gasteiger partial charge in [0.25, 0.3) is 0 Å². The topological polar surface area (TPSA) is 62.0 Å². The van der Waals surface area contributed by atoms with Gasteiger partial charge in [-0.25, -0.2) is 4.99 Å². The van der Waals surface area contributed by atoms with E-state index in [1.54, 1.807) is 18.4 Å². The third-order valence-corrected chi connectivity index (χ3v) is 4.05. The molecule has 0 amide bonds. The van der Waals surface area contributed by atoms with Crippen LogP contribution in [0.25, 0.3) is 0 Å². The standard InChI is InChI=1S/C20H27F3N4O2.HI/c1-4-24-19(26-13-17(27(2)3)18-6-5-11-28-18)25-12-15-7-9-16(10-8-15)29-14-20(21,22)23;/h5-11,17H,4,12-14H2,1-3H3,(H2,24,25,26);1H. The fourth-order valence-electron chi connectivity index (χ4n) is 2.58.